The Balaban J connectivity index is 2.02. The molecule has 0 fully saturated rings. The lowest BCUT2D eigenvalue weighted by Crippen LogP contribution is -1.96. The number of rotatable bonds is 3. The van der Waals surface area contributed by atoms with E-state index in [9.17, 15) is 0 Å². The van der Waals surface area contributed by atoms with Crippen molar-refractivity contribution in [3.63, 3.8) is 0 Å². The van der Waals surface area contributed by atoms with Crippen molar-refractivity contribution in [3.8, 4) is 0 Å². The molecule has 15 heavy (non-hydrogen) atoms. The molecule has 0 unspecified atom stereocenters. The molecule has 4 heteroatoms. The van der Waals surface area contributed by atoms with E-state index in [2.05, 4.69) is 10.2 Å². The fourth-order valence-electron chi connectivity index (χ4n) is 1.44. The smallest absolute Gasteiger partial charge is 0.216 e. The summed E-state index contributed by atoms with van der Waals surface area (Å²) in [6, 6.07) is 7.81. The summed E-state index contributed by atoms with van der Waals surface area (Å²) in [4.78, 5) is 0. The lowest BCUT2D eigenvalue weighted by atomic mass is 10.1. The molecule has 0 aliphatic rings. The summed E-state index contributed by atoms with van der Waals surface area (Å²) in [6.07, 6.45) is 1.56. The van der Waals surface area contributed by atoms with Crippen molar-refractivity contribution in [1.82, 2.24) is 10.2 Å². The molecule has 2 rings (SSSR count). The minimum Gasteiger partial charge on any atom is -0.426 e. The Morgan fingerprint density at radius 3 is 2.67 bits per heavy atom. The molecule has 2 aromatic rings. The molecule has 1 aromatic carbocycles. The summed E-state index contributed by atoms with van der Waals surface area (Å²) in [5.41, 5.74) is 7.76. The van der Waals surface area contributed by atoms with Gasteiger partial charge in [-0.25, -0.2) is 0 Å². The van der Waals surface area contributed by atoms with Gasteiger partial charge in [0.15, 0.2) is 0 Å². The Morgan fingerprint density at radius 2 is 2.00 bits per heavy atom. The molecule has 1 aromatic heterocycles. The maximum absolute atomic E-state index is 5.82. The van der Waals surface area contributed by atoms with Gasteiger partial charge >= 0.3 is 0 Å². The van der Waals surface area contributed by atoms with E-state index >= 15 is 0 Å². The molecule has 4 nitrogen and oxygen atoms in total. The molecule has 0 saturated heterocycles. The fraction of sp³-hybridized carbons (Fsp3) is 0.273. The number of anilines is 1. The van der Waals surface area contributed by atoms with Gasteiger partial charge in [0.25, 0.3) is 0 Å². The van der Waals surface area contributed by atoms with Gasteiger partial charge in [0, 0.05) is 19.0 Å². The van der Waals surface area contributed by atoms with Crippen molar-refractivity contribution in [2.24, 2.45) is 0 Å². The van der Waals surface area contributed by atoms with Crippen LogP contribution in [0.5, 0.6) is 0 Å². The van der Waals surface area contributed by atoms with Gasteiger partial charge in [-0.1, -0.05) is 18.2 Å². The Morgan fingerprint density at radius 1 is 1.20 bits per heavy atom. The molecule has 0 saturated carbocycles. The highest BCUT2D eigenvalue weighted by Crippen LogP contribution is 2.13. The molecule has 1 heterocycles. The minimum atomic E-state index is 0.603. The lowest BCUT2D eigenvalue weighted by Gasteiger charge is -2.02. The highest BCUT2D eigenvalue weighted by molar-refractivity contribution is 5.46. The molecular weight excluding hydrogens is 190 g/mol. The quantitative estimate of drug-likeness (QED) is 0.772. The molecule has 2 N–H and O–H groups in total. The van der Waals surface area contributed by atoms with Crippen LogP contribution in [-0.4, -0.2) is 10.2 Å². The van der Waals surface area contributed by atoms with E-state index in [1.807, 2.05) is 24.3 Å². The predicted molar refractivity (Wildman–Crippen MR) is 57.3 cm³/mol. The molecule has 0 radical (unpaired) electrons. The highest BCUT2D eigenvalue weighted by Gasteiger charge is 2.04. The molecule has 0 aliphatic carbocycles. The van der Waals surface area contributed by atoms with Gasteiger partial charge in [-0.2, -0.15) is 0 Å². The maximum Gasteiger partial charge on any atom is 0.216 e. The van der Waals surface area contributed by atoms with E-state index in [1.54, 1.807) is 6.92 Å². The summed E-state index contributed by atoms with van der Waals surface area (Å²) in [7, 11) is 0. The molecule has 0 aliphatic heterocycles. The van der Waals surface area contributed by atoms with E-state index < -0.39 is 0 Å². The van der Waals surface area contributed by atoms with Crippen molar-refractivity contribution in [2.75, 3.05) is 5.73 Å². The van der Waals surface area contributed by atoms with Crippen molar-refractivity contribution in [3.05, 3.63) is 41.6 Å². The average molecular weight is 203 g/mol. The second-order valence-electron chi connectivity index (χ2n) is 3.41. The van der Waals surface area contributed by atoms with Crippen LogP contribution >= 0.6 is 0 Å². The summed E-state index contributed by atoms with van der Waals surface area (Å²) in [6.45, 7) is 1.79. The molecule has 0 atom stereocenters. The first-order valence-corrected chi connectivity index (χ1v) is 4.88. The second kappa shape index (κ2) is 4.13. The van der Waals surface area contributed by atoms with E-state index in [1.165, 1.54) is 0 Å². The number of hydrogen-bond acceptors (Lipinski definition) is 4. The third-order valence-corrected chi connectivity index (χ3v) is 2.23. The number of aromatic nitrogens is 2. The average Bonchev–Trinajstić information content (AvgIpc) is 2.63. The first kappa shape index (κ1) is 9.71. The van der Waals surface area contributed by atoms with E-state index in [0.29, 0.717) is 11.8 Å². The first-order valence-electron chi connectivity index (χ1n) is 4.88. The molecule has 78 valence electrons. The third kappa shape index (κ3) is 2.34. The van der Waals surface area contributed by atoms with E-state index in [4.69, 9.17) is 10.2 Å². The Labute approximate surface area is 88.1 Å². The molecular formula is C11H13N3O. The molecule has 0 bridgehead atoms. The van der Waals surface area contributed by atoms with Crippen LogP contribution in [0.2, 0.25) is 0 Å². The van der Waals surface area contributed by atoms with Crippen LogP contribution in [0.3, 0.4) is 0 Å². The van der Waals surface area contributed by atoms with E-state index in [0.717, 1.165) is 24.1 Å². The first-order chi connectivity index (χ1) is 7.25. The Bertz CT molecular complexity index is 451. The van der Waals surface area contributed by atoms with Crippen molar-refractivity contribution in [2.45, 2.75) is 19.8 Å². The van der Waals surface area contributed by atoms with Crippen LogP contribution in [0.1, 0.15) is 17.3 Å². The van der Waals surface area contributed by atoms with Crippen LogP contribution in [-0.2, 0) is 12.8 Å². The SMILES string of the molecule is Cc1nnc(CCc2ccccc2N)o1. The number of nitrogen functional groups attached to an aromatic ring is 1. The number of para-hydroxylation sites is 1. The number of nitrogens with zero attached hydrogens (tertiary/aromatic N) is 2. The number of benzene rings is 1. The van der Waals surface area contributed by atoms with Gasteiger partial charge in [0.05, 0.1) is 0 Å². The maximum atomic E-state index is 5.82. The van der Waals surface area contributed by atoms with Crippen LogP contribution in [0.25, 0.3) is 0 Å². The molecule has 0 amide bonds. The summed E-state index contributed by atoms with van der Waals surface area (Å²) in [5.74, 6) is 1.27. The summed E-state index contributed by atoms with van der Waals surface area (Å²) < 4.78 is 5.28. The van der Waals surface area contributed by atoms with Gasteiger partial charge < -0.3 is 10.2 Å². The monoisotopic (exact) mass is 203 g/mol. The Hall–Kier alpha value is -1.84. The van der Waals surface area contributed by atoms with Crippen LogP contribution in [0.4, 0.5) is 5.69 Å². The van der Waals surface area contributed by atoms with Crippen molar-refractivity contribution >= 4 is 5.69 Å². The van der Waals surface area contributed by atoms with Crippen LogP contribution < -0.4 is 5.73 Å². The van der Waals surface area contributed by atoms with Gasteiger partial charge in [0.2, 0.25) is 11.8 Å². The predicted octanol–water partition coefficient (Wildman–Crippen LogP) is 1.75. The number of aryl methyl sites for hydroxylation is 3. The normalized spacial score (nSPS) is 10.5. The van der Waals surface area contributed by atoms with E-state index in [-0.39, 0.29) is 0 Å². The minimum absolute atomic E-state index is 0.603. The second-order valence-corrected chi connectivity index (χ2v) is 3.41. The van der Waals surface area contributed by atoms with Crippen molar-refractivity contribution < 1.29 is 4.42 Å². The van der Waals surface area contributed by atoms with Gasteiger partial charge in [-0.3, -0.25) is 0 Å². The van der Waals surface area contributed by atoms with Crippen molar-refractivity contribution in [1.29, 1.82) is 0 Å². The topological polar surface area (TPSA) is 64.9 Å². The van der Waals surface area contributed by atoms with Gasteiger partial charge in [-0.15, -0.1) is 10.2 Å². The van der Waals surface area contributed by atoms with Crippen LogP contribution in [0.15, 0.2) is 28.7 Å². The third-order valence-electron chi connectivity index (χ3n) is 2.23. The zero-order valence-corrected chi connectivity index (χ0v) is 8.60. The fourth-order valence-corrected chi connectivity index (χ4v) is 1.44. The number of hydrogen-bond donors (Lipinski definition) is 1. The lowest BCUT2D eigenvalue weighted by molar-refractivity contribution is 0.467. The largest absolute Gasteiger partial charge is 0.426 e. The highest BCUT2D eigenvalue weighted by atomic mass is 16.4. The standard InChI is InChI=1S/C11H13N3O/c1-8-13-14-11(15-8)7-6-9-4-2-3-5-10(9)12/h2-5H,6-7,12H2,1H3. The Kier molecular flexibility index (Phi) is 2.67. The van der Waals surface area contributed by atoms with Crippen LogP contribution in [0, 0.1) is 6.92 Å². The summed E-state index contributed by atoms with van der Waals surface area (Å²) in [5, 5.41) is 7.71. The summed E-state index contributed by atoms with van der Waals surface area (Å²) >= 11 is 0. The molecule has 0 spiro atoms. The zero-order valence-electron chi connectivity index (χ0n) is 8.60. The van der Waals surface area contributed by atoms with Gasteiger partial charge in [0.1, 0.15) is 0 Å². The zero-order chi connectivity index (χ0) is 10.7. The van der Waals surface area contributed by atoms with Gasteiger partial charge in [-0.05, 0) is 18.1 Å². The number of nitrogens with two attached hydrogens (primary N) is 1.